The minimum absolute atomic E-state index is 0.197. The van der Waals surface area contributed by atoms with Crippen molar-refractivity contribution >= 4 is 65.4 Å². The van der Waals surface area contributed by atoms with Crippen LogP contribution in [0.25, 0.3) is 0 Å². The van der Waals surface area contributed by atoms with Crippen LogP contribution < -0.4 is 8.70 Å². The Hall–Kier alpha value is -1.44. The Morgan fingerprint density at radius 1 is 0.870 bits per heavy atom. The molecule has 120 valence electrons. The van der Waals surface area contributed by atoms with Gasteiger partial charge in [0.1, 0.15) is 0 Å². The molecule has 10 heteroatoms. The van der Waals surface area contributed by atoms with E-state index in [9.17, 15) is 24.0 Å². The molecule has 7 nitrogen and oxygen atoms in total. The Bertz CT molecular complexity index is 804. The van der Waals surface area contributed by atoms with E-state index in [1.54, 1.807) is 0 Å². The summed E-state index contributed by atoms with van der Waals surface area (Å²) in [5, 5.41) is 22.0. The molecule has 0 saturated heterocycles. The zero-order valence-corrected chi connectivity index (χ0v) is 16.7. The molecule has 0 bridgehead atoms. The molecule has 0 spiro atoms. The van der Waals surface area contributed by atoms with Crippen molar-refractivity contribution in [1.82, 2.24) is 0 Å². The summed E-state index contributed by atoms with van der Waals surface area (Å²) in [7, 11) is 0. The summed E-state index contributed by atoms with van der Waals surface area (Å²) >= 11 is 2.19. The average Bonchev–Trinajstić information content (AvgIpc) is 2.47. The van der Waals surface area contributed by atoms with Gasteiger partial charge in [-0.3, -0.25) is 0 Å². The van der Waals surface area contributed by atoms with Gasteiger partial charge in [0, 0.05) is 0 Å². The van der Waals surface area contributed by atoms with Gasteiger partial charge in [-0.15, -0.1) is 0 Å². The standard InChI is InChI=1S/C13H9AsBr2N2O5/c1-14(19,8-2-4-10(15)12(6-8)17(20)21)9-3-5-11(16)13(7-9)18(22)23/h2-7H,1H3. The molecule has 0 aliphatic carbocycles. The molecular formula is C13H9AsBr2N2O5. The van der Waals surface area contributed by atoms with Gasteiger partial charge in [0.25, 0.3) is 0 Å². The number of benzene rings is 2. The Labute approximate surface area is 149 Å². The first-order valence-corrected chi connectivity index (χ1v) is 12.2. The normalized spacial score (nSPS) is 11.3. The van der Waals surface area contributed by atoms with Crippen molar-refractivity contribution in [3.63, 3.8) is 0 Å². The maximum absolute atomic E-state index is 13.2. The van der Waals surface area contributed by atoms with Crippen LogP contribution in [0.3, 0.4) is 0 Å². The Balaban J connectivity index is 2.61. The van der Waals surface area contributed by atoms with E-state index in [4.69, 9.17) is 0 Å². The number of rotatable bonds is 4. The van der Waals surface area contributed by atoms with Crippen molar-refractivity contribution < 1.29 is 13.6 Å². The Morgan fingerprint density at radius 2 is 1.22 bits per heavy atom. The van der Waals surface area contributed by atoms with Crippen molar-refractivity contribution in [3.8, 4) is 0 Å². The van der Waals surface area contributed by atoms with E-state index in [1.807, 2.05) is 0 Å². The number of nitro benzene ring substituents is 2. The molecule has 0 amide bonds. The van der Waals surface area contributed by atoms with E-state index >= 15 is 0 Å². The monoisotopic (exact) mass is 506 g/mol. The van der Waals surface area contributed by atoms with Crippen molar-refractivity contribution in [2.24, 2.45) is 0 Å². The third-order valence-corrected chi connectivity index (χ3v) is 9.88. The van der Waals surface area contributed by atoms with Crippen molar-refractivity contribution in [2.75, 3.05) is 0 Å². The van der Waals surface area contributed by atoms with Gasteiger partial charge in [-0.1, -0.05) is 0 Å². The van der Waals surface area contributed by atoms with Gasteiger partial charge in [0.2, 0.25) is 0 Å². The Kier molecular flexibility index (Phi) is 5.13. The van der Waals surface area contributed by atoms with E-state index < -0.39 is 23.3 Å². The van der Waals surface area contributed by atoms with Gasteiger partial charge >= 0.3 is 150 Å². The van der Waals surface area contributed by atoms with Gasteiger partial charge in [0.15, 0.2) is 0 Å². The molecule has 0 N–H and O–H groups in total. The van der Waals surface area contributed by atoms with E-state index in [2.05, 4.69) is 31.9 Å². The summed E-state index contributed by atoms with van der Waals surface area (Å²) in [6.45, 7) is 0. The molecule has 2 aromatic rings. The van der Waals surface area contributed by atoms with E-state index in [0.29, 0.717) is 8.70 Å². The van der Waals surface area contributed by atoms with Crippen LogP contribution in [0.1, 0.15) is 0 Å². The quantitative estimate of drug-likeness (QED) is 0.359. The van der Waals surface area contributed by atoms with E-state index in [-0.39, 0.29) is 20.3 Å². The maximum atomic E-state index is 13.2. The number of halogens is 2. The molecule has 0 unspecified atom stereocenters. The zero-order valence-electron chi connectivity index (χ0n) is 11.6. The SMILES string of the molecule is C[As](=O)(c1ccc(Br)c([N+](=O)[O-])c1)c1ccc(Br)c([N+](=O)[O-])c1. The van der Waals surface area contributed by atoms with E-state index in [1.165, 1.54) is 42.1 Å². The number of nitrogens with zero attached hydrogens (tertiary/aromatic N) is 2. The summed E-state index contributed by atoms with van der Waals surface area (Å²) in [6.07, 6.45) is 0. The van der Waals surface area contributed by atoms with Gasteiger partial charge in [0.05, 0.1) is 0 Å². The fourth-order valence-electron chi connectivity index (χ4n) is 1.96. The molecule has 23 heavy (non-hydrogen) atoms. The van der Waals surface area contributed by atoms with Crippen LogP contribution in [-0.4, -0.2) is 23.3 Å². The second kappa shape index (κ2) is 6.58. The third kappa shape index (κ3) is 3.57. The number of hydrogen-bond donors (Lipinski definition) is 0. The first-order valence-electron chi connectivity index (χ1n) is 6.11. The molecule has 0 heterocycles. The summed E-state index contributed by atoms with van der Waals surface area (Å²) < 4.78 is 14.4. The van der Waals surface area contributed by atoms with Crippen LogP contribution >= 0.6 is 31.9 Å². The average molecular weight is 508 g/mol. The van der Waals surface area contributed by atoms with Crippen LogP contribution in [0.15, 0.2) is 45.3 Å². The predicted molar refractivity (Wildman–Crippen MR) is 93.2 cm³/mol. The van der Waals surface area contributed by atoms with Crippen LogP contribution in [0.5, 0.6) is 0 Å². The van der Waals surface area contributed by atoms with Crippen LogP contribution in [0.2, 0.25) is 5.71 Å². The Morgan fingerprint density at radius 3 is 1.52 bits per heavy atom. The number of nitro groups is 2. The predicted octanol–water partition coefficient (Wildman–Crippen LogP) is 3.15. The fourth-order valence-corrected chi connectivity index (χ4v) is 6.42. The summed E-state index contributed by atoms with van der Waals surface area (Å²) in [4.78, 5) is 20.9. The van der Waals surface area contributed by atoms with E-state index in [0.717, 1.165) is 0 Å². The van der Waals surface area contributed by atoms with Crippen LogP contribution in [0.4, 0.5) is 11.4 Å². The van der Waals surface area contributed by atoms with Crippen molar-refractivity contribution in [3.05, 3.63) is 65.6 Å². The molecule has 0 atom stereocenters. The first kappa shape index (κ1) is 17.9. The fraction of sp³-hybridized carbons (Fsp3) is 0.0769. The van der Waals surface area contributed by atoms with Crippen LogP contribution in [-0.2, 0) is 3.74 Å². The molecule has 0 fully saturated rings. The van der Waals surface area contributed by atoms with Gasteiger partial charge in [-0.2, -0.15) is 0 Å². The minimum atomic E-state index is -3.96. The molecule has 0 radical (unpaired) electrons. The second-order valence-electron chi connectivity index (χ2n) is 4.71. The zero-order chi connectivity index (χ0) is 17.4. The van der Waals surface area contributed by atoms with Gasteiger partial charge in [-0.05, 0) is 0 Å². The van der Waals surface area contributed by atoms with Crippen molar-refractivity contribution in [2.45, 2.75) is 5.71 Å². The molecule has 2 rings (SSSR count). The first-order chi connectivity index (χ1) is 10.6. The van der Waals surface area contributed by atoms with Gasteiger partial charge in [-0.25, -0.2) is 0 Å². The van der Waals surface area contributed by atoms with Gasteiger partial charge < -0.3 is 0 Å². The van der Waals surface area contributed by atoms with Crippen molar-refractivity contribution in [1.29, 1.82) is 0 Å². The molecular weight excluding hydrogens is 499 g/mol. The molecule has 0 aliphatic rings. The topological polar surface area (TPSA) is 103 Å². The summed E-state index contributed by atoms with van der Waals surface area (Å²) in [5.74, 6) is 0. The summed E-state index contributed by atoms with van der Waals surface area (Å²) in [5.41, 5.74) is 1.09. The molecule has 0 aliphatic heterocycles. The molecule has 0 aromatic heterocycles. The number of hydrogen-bond acceptors (Lipinski definition) is 5. The molecule has 0 saturated carbocycles. The van der Waals surface area contributed by atoms with Crippen LogP contribution in [0, 0.1) is 20.2 Å². The third-order valence-electron chi connectivity index (χ3n) is 3.24. The second-order valence-corrected chi connectivity index (χ2v) is 12.5. The molecule has 2 aromatic carbocycles. The summed E-state index contributed by atoms with van der Waals surface area (Å²) in [6, 6.07) is 8.47.